The third-order valence-corrected chi connectivity index (χ3v) is 3.83. The largest absolute Gasteiger partial charge is 0.392 e. The third-order valence-electron chi connectivity index (χ3n) is 3.83. The number of hydrogen-bond acceptors (Lipinski definition) is 2. The molecule has 0 saturated carbocycles. The molecule has 0 aromatic heterocycles. The summed E-state index contributed by atoms with van der Waals surface area (Å²) in [5.41, 5.74) is 9.51. The van der Waals surface area contributed by atoms with Gasteiger partial charge in [-0.2, -0.15) is 0 Å². The molecule has 1 aliphatic rings. The van der Waals surface area contributed by atoms with Crippen LogP contribution >= 0.6 is 0 Å². The van der Waals surface area contributed by atoms with Gasteiger partial charge < -0.3 is 10.8 Å². The Labute approximate surface area is 132 Å². The molecule has 3 N–H and O–H groups in total. The van der Waals surface area contributed by atoms with Gasteiger partial charge in [-0.15, -0.1) is 0 Å². The Kier molecular flexibility index (Phi) is 6.16. The van der Waals surface area contributed by atoms with Crippen LogP contribution in [0.3, 0.4) is 0 Å². The fraction of sp³-hybridized carbons (Fsp3) is 0.316. The van der Waals surface area contributed by atoms with Crippen molar-refractivity contribution in [3.8, 4) is 0 Å². The number of rotatable bonds is 3. The van der Waals surface area contributed by atoms with E-state index in [0.29, 0.717) is 0 Å². The maximum Gasteiger partial charge on any atom is 0.0936 e. The van der Waals surface area contributed by atoms with Crippen LogP contribution < -0.4 is 5.73 Å². The Morgan fingerprint density at radius 1 is 1.05 bits per heavy atom. The van der Waals surface area contributed by atoms with E-state index in [9.17, 15) is 5.11 Å². The van der Waals surface area contributed by atoms with E-state index in [1.807, 2.05) is 30.3 Å². The summed E-state index contributed by atoms with van der Waals surface area (Å²) in [6.45, 7) is 0. The third kappa shape index (κ3) is 5.01. The predicted octanol–water partition coefficient (Wildman–Crippen LogP) is 2.75. The SMILES string of the molecule is CN=C(N)CCc1ccccc1.OC1Cc2ccccc2C1. The van der Waals surface area contributed by atoms with Crippen LogP contribution in [0, 0.1) is 0 Å². The van der Waals surface area contributed by atoms with Crippen molar-refractivity contribution in [2.45, 2.75) is 31.8 Å². The summed E-state index contributed by atoms with van der Waals surface area (Å²) in [4.78, 5) is 3.90. The van der Waals surface area contributed by atoms with Gasteiger partial charge in [0.2, 0.25) is 0 Å². The first-order chi connectivity index (χ1) is 10.7. The summed E-state index contributed by atoms with van der Waals surface area (Å²) >= 11 is 0. The van der Waals surface area contributed by atoms with Crippen molar-refractivity contribution < 1.29 is 5.11 Å². The van der Waals surface area contributed by atoms with Crippen LogP contribution in [-0.2, 0) is 19.3 Å². The molecule has 0 fully saturated rings. The fourth-order valence-electron chi connectivity index (χ4n) is 2.56. The summed E-state index contributed by atoms with van der Waals surface area (Å²) in [5.74, 6) is 0.721. The highest BCUT2D eigenvalue weighted by Crippen LogP contribution is 2.20. The van der Waals surface area contributed by atoms with E-state index in [-0.39, 0.29) is 6.10 Å². The van der Waals surface area contributed by atoms with Crippen LogP contribution in [0.25, 0.3) is 0 Å². The van der Waals surface area contributed by atoms with E-state index in [4.69, 9.17) is 5.73 Å². The minimum Gasteiger partial charge on any atom is -0.392 e. The van der Waals surface area contributed by atoms with Gasteiger partial charge in [-0.1, -0.05) is 54.6 Å². The van der Waals surface area contributed by atoms with E-state index in [2.05, 4.69) is 29.3 Å². The highest BCUT2D eigenvalue weighted by molar-refractivity contribution is 5.80. The van der Waals surface area contributed by atoms with E-state index in [0.717, 1.165) is 31.5 Å². The summed E-state index contributed by atoms with van der Waals surface area (Å²) in [5, 5.41) is 9.25. The number of aliphatic hydroxyl groups is 1. The quantitative estimate of drug-likeness (QED) is 0.676. The monoisotopic (exact) mass is 296 g/mol. The van der Waals surface area contributed by atoms with Gasteiger partial charge in [0.15, 0.2) is 0 Å². The van der Waals surface area contributed by atoms with Crippen molar-refractivity contribution in [3.05, 3.63) is 71.3 Å². The average Bonchev–Trinajstić information content (AvgIpc) is 2.94. The number of nitrogens with zero attached hydrogens (tertiary/aromatic N) is 1. The van der Waals surface area contributed by atoms with Crippen LogP contribution in [0.2, 0.25) is 0 Å². The second kappa shape index (κ2) is 8.35. The van der Waals surface area contributed by atoms with Crippen LogP contribution in [0.5, 0.6) is 0 Å². The molecule has 3 rings (SSSR count). The Balaban J connectivity index is 0.000000162. The zero-order valence-electron chi connectivity index (χ0n) is 13.1. The number of amidine groups is 1. The Hall–Kier alpha value is -2.13. The van der Waals surface area contributed by atoms with Gasteiger partial charge in [-0.25, -0.2) is 0 Å². The van der Waals surface area contributed by atoms with Gasteiger partial charge in [0, 0.05) is 13.5 Å². The molecule has 0 radical (unpaired) electrons. The Bertz CT molecular complexity index is 583. The number of nitrogens with two attached hydrogens (primary N) is 1. The van der Waals surface area contributed by atoms with Crippen molar-refractivity contribution in [1.29, 1.82) is 0 Å². The minimum absolute atomic E-state index is 0.127. The number of aliphatic imine (C=N–C) groups is 1. The molecule has 3 nitrogen and oxygen atoms in total. The Morgan fingerprint density at radius 3 is 2.14 bits per heavy atom. The molecule has 22 heavy (non-hydrogen) atoms. The lowest BCUT2D eigenvalue weighted by molar-refractivity contribution is 0.187. The minimum atomic E-state index is -0.127. The number of aliphatic hydroxyl groups excluding tert-OH is 1. The lowest BCUT2D eigenvalue weighted by Crippen LogP contribution is -2.11. The lowest BCUT2D eigenvalue weighted by atomic mass is 10.1. The number of fused-ring (bicyclic) bond motifs is 1. The molecule has 2 aromatic carbocycles. The Morgan fingerprint density at radius 2 is 1.59 bits per heavy atom. The predicted molar refractivity (Wildman–Crippen MR) is 92.2 cm³/mol. The first-order valence-electron chi connectivity index (χ1n) is 7.69. The molecule has 0 aliphatic heterocycles. The second-order valence-electron chi connectivity index (χ2n) is 5.53. The van der Waals surface area contributed by atoms with Gasteiger partial charge in [0.05, 0.1) is 11.9 Å². The van der Waals surface area contributed by atoms with Crippen molar-refractivity contribution in [1.82, 2.24) is 0 Å². The molecule has 1 aliphatic carbocycles. The van der Waals surface area contributed by atoms with Crippen molar-refractivity contribution in [2.75, 3.05) is 7.05 Å². The van der Waals surface area contributed by atoms with E-state index < -0.39 is 0 Å². The molecule has 0 atom stereocenters. The fourth-order valence-corrected chi connectivity index (χ4v) is 2.56. The number of benzene rings is 2. The van der Waals surface area contributed by atoms with E-state index >= 15 is 0 Å². The zero-order valence-corrected chi connectivity index (χ0v) is 13.1. The smallest absolute Gasteiger partial charge is 0.0936 e. The summed E-state index contributed by atoms with van der Waals surface area (Å²) < 4.78 is 0. The highest BCUT2D eigenvalue weighted by atomic mass is 16.3. The van der Waals surface area contributed by atoms with Crippen LogP contribution in [-0.4, -0.2) is 24.1 Å². The molecule has 116 valence electrons. The van der Waals surface area contributed by atoms with Gasteiger partial charge in [0.25, 0.3) is 0 Å². The maximum atomic E-state index is 9.25. The summed E-state index contributed by atoms with van der Waals surface area (Å²) in [7, 11) is 1.72. The standard InChI is InChI=1S/C10H14N2.C9H10O/c1-12-10(11)8-7-9-5-3-2-4-6-9;10-9-5-7-3-1-2-4-8(7)6-9/h2-6H,7-8H2,1H3,(H2,11,12);1-4,9-10H,5-6H2. The van der Waals surface area contributed by atoms with Crippen LogP contribution in [0.1, 0.15) is 23.1 Å². The van der Waals surface area contributed by atoms with Gasteiger partial charge in [-0.05, 0) is 36.0 Å². The normalized spacial score (nSPS) is 14.2. The number of hydrogen-bond donors (Lipinski definition) is 2. The molecule has 0 saturated heterocycles. The molecule has 0 amide bonds. The first kappa shape index (κ1) is 16.2. The molecule has 0 unspecified atom stereocenters. The maximum absolute atomic E-state index is 9.25. The first-order valence-corrected chi connectivity index (χ1v) is 7.69. The van der Waals surface area contributed by atoms with Gasteiger partial charge >= 0.3 is 0 Å². The van der Waals surface area contributed by atoms with Gasteiger partial charge in [-0.3, -0.25) is 4.99 Å². The van der Waals surface area contributed by atoms with Crippen molar-refractivity contribution in [3.63, 3.8) is 0 Å². The molecule has 0 bridgehead atoms. The van der Waals surface area contributed by atoms with Crippen molar-refractivity contribution in [2.24, 2.45) is 10.7 Å². The summed E-state index contributed by atoms with van der Waals surface area (Å²) in [6, 6.07) is 18.5. The average molecular weight is 296 g/mol. The number of aryl methyl sites for hydroxylation is 1. The zero-order chi connectivity index (χ0) is 15.8. The molecule has 0 heterocycles. The highest BCUT2D eigenvalue weighted by Gasteiger charge is 2.17. The van der Waals surface area contributed by atoms with E-state index in [1.165, 1.54) is 16.7 Å². The molecule has 0 spiro atoms. The molecular formula is C19H24N2O. The summed E-state index contributed by atoms with van der Waals surface area (Å²) in [6.07, 6.45) is 3.38. The lowest BCUT2D eigenvalue weighted by Gasteiger charge is -1.99. The van der Waals surface area contributed by atoms with Crippen molar-refractivity contribution >= 4 is 5.84 Å². The topological polar surface area (TPSA) is 58.6 Å². The van der Waals surface area contributed by atoms with E-state index in [1.54, 1.807) is 7.05 Å². The van der Waals surface area contributed by atoms with Gasteiger partial charge in [0.1, 0.15) is 0 Å². The molecule has 3 heteroatoms. The molecule has 2 aromatic rings. The molecular weight excluding hydrogens is 272 g/mol. The van der Waals surface area contributed by atoms with Crippen LogP contribution in [0.15, 0.2) is 59.6 Å². The second-order valence-corrected chi connectivity index (χ2v) is 5.53. The van der Waals surface area contributed by atoms with Crippen LogP contribution in [0.4, 0.5) is 0 Å².